The van der Waals surface area contributed by atoms with Crippen molar-refractivity contribution in [2.24, 2.45) is 0 Å². The van der Waals surface area contributed by atoms with E-state index in [1.807, 2.05) is 6.92 Å². The zero-order valence-corrected chi connectivity index (χ0v) is 15.0. The van der Waals surface area contributed by atoms with Crippen LogP contribution in [-0.4, -0.2) is 33.6 Å². The van der Waals surface area contributed by atoms with Gasteiger partial charge in [0, 0.05) is 12.1 Å². The topological polar surface area (TPSA) is 104 Å². The van der Waals surface area contributed by atoms with Crippen molar-refractivity contribution in [1.29, 1.82) is 0 Å². The number of rotatable bonds is 8. The summed E-state index contributed by atoms with van der Waals surface area (Å²) in [4.78, 5) is 4.14. The van der Waals surface area contributed by atoms with Gasteiger partial charge >= 0.3 is 0 Å². The highest BCUT2D eigenvalue weighted by Gasteiger charge is 2.20. The van der Waals surface area contributed by atoms with Crippen LogP contribution < -0.4 is 0 Å². The molecule has 0 amide bonds. The fourth-order valence-corrected chi connectivity index (χ4v) is 3.69. The van der Waals surface area contributed by atoms with Crippen LogP contribution in [0.1, 0.15) is 31.3 Å². The van der Waals surface area contributed by atoms with Gasteiger partial charge in [-0.1, -0.05) is 19.4 Å². The minimum atomic E-state index is -3.54. The van der Waals surface area contributed by atoms with Crippen LogP contribution in [0.4, 0.5) is 4.39 Å². The average molecular weight is 379 g/mol. The van der Waals surface area contributed by atoms with Crippen LogP contribution in [0.5, 0.6) is 0 Å². The van der Waals surface area contributed by atoms with E-state index in [2.05, 4.69) is 20.5 Å². The van der Waals surface area contributed by atoms with Crippen LogP contribution in [0.3, 0.4) is 0 Å². The number of aromatic nitrogens is 5. The normalized spacial score (nSPS) is 11.8. The third-order valence-corrected chi connectivity index (χ3v) is 5.10. The quantitative estimate of drug-likeness (QED) is 0.592. The number of tetrazole rings is 1. The highest BCUT2D eigenvalue weighted by molar-refractivity contribution is 7.89. The molecule has 0 fully saturated rings. The van der Waals surface area contributed by atoms with Crippen LogP contribution in [0, 0.1) is 5.82 Å². The molecule has 0 radical (unpaired) electrons. The number of aryl methyl sites for hydroxylation is 1. The van der Waals surface area contributed by atoms with E-state index < -0.39 is 15.7 Å². The average Bonchev–Trinajstić information content (AvgIpc) is 3.21. The Morgan fingerprint density at radius 3 is 2.88 bits per heavy atom. The first-order chi connectivity index (χ1) is 12.5. The Hall–Kier alpha value is -2.62. The largest absolute Gasteiger partial charge is 0.444 e. The van der Waals surface area contributed by atoms with E-state index in [-0.39, 0.29) is 23.1 Å². The molecule has 2 aromatic heterocycles. The highest BCUT2D eigenvalue weighted by atomic mass is 32.2. The van der Waals surface area contributed by atoms with E-state index in [0.717, 1.165) is 12.8 Å². The Morgan fingerprint density at radius 2 is 2.12 bits per heavy atom. The zero-order chi connectivity index (χ0) is 18.6. The molecule has 0 unspecified atom stereocenters. The summed E-state index contributed by atoms with van der Waals surface area (Å²) in [5.41, 5.74) is 0.689. The number of sulfone groups is 1. The minimum Gasteiger partial charge on any atom is -0.444 e. The predicted molar refractivity (Wildman–Crippen MR) is 90.9 cm³/mol. The number of halogens is 1. The molecule has 1 aromatic carbocycles. The van der Waals surface area contributed by atoms with Crippen LogP contribution >= 0.6 is 0 Å². The molecule has 3 aromatic rings. The summed E-state index contributed by atoms with van der Waals surface area (Å²) in [5.74, 6) is -0.554. The second-order valence-corrected chi connectivity index (χ2v) is 7.92. The number of hydrogen-bond acceptors (Lipinski definition) is 7. The van der Waals surface area contributed by atoms with Gasteiger partial charge in [0.05, 0.1) is 11.4 Å². The number of benzene rings is 1. The first kappa shape index (κ1) is 18.2. The van der Waals surface area contributed by atoms with E-state index in [0.29, 0.717) is 17.9 Å². The fraction of sp³-hybridized carbons (Fsp3) is 0.375. The van der Waals surface area contributed by atoms with Crippen molar-refractivity contribution in [3.63, 3.8) is 0 Å². The van der Waals surface area contributed by atoms with E-state index >= 15 is 0 Å². The number of hydrogen-bond donors (Lipinski definition) is 0. The molecule has 2 heterocycles. The summed E-state index contributed by atoms with van der Waals surface area (Å²) in [6, 6.07) is 5.74. The van der Waals surface area contributed by atoms with Crippen molar-refractivity contribution in [3.05, 3.63) is 47.9 Å². The molecule has 0 aliphatic rings. The molecule has 0 saturated heterocycles. The van der Waals surface area contributed by atoms with E-state index in [1.165, 1.54) is 29.1 Å². The predicted octanol–water partition coefficient (Wildman–Crippen LogP) is 2.38. The minimum absolute atomic E-state index is 0.169. The molecule has 138 valence electrons. The van der Waals surface area contributed by atoms with Crippen molar-refractivity contribution in [1.82, 2.24) is 25.2 Å². The van der Waals surface area contributed by atoms with Crippen molar-refractivity contribution in [3.8, 4) is 11.5 Å². The molecule has 3 rings (SSSR count). The third-order valence-electron chi connectivity index (χ3n) is 3.67. The molecule has 0 spiro atoms. The number of oxazole rings is 1. The molecule has 26 heavy (non-hydrogen) atoms. The van der Waals surface area contributed by atoms with Crippen LogP contribution in [0.25, 0.3) is 11.5 Å². The lowest BCUT2D eigenvalue weighted by atomic mass is 10.2. The van der Waals surface area contributed by atoms with Gasteiger partial charge in [-0.2, -0.15) is 0 Å². The third kappa shape index (κ3) is 4.51. The molecule has 0 aliphatic carbocycles. The first-order valence-corrected chi connectivity index (χ1v) is 9.95. The van der Waals surface area contributed by atoms with Gasteiger partial charge in [0.25, 0.3) is 0 Å². The van der Waals surface area contributed by atoms with Gasteiger partial charge in [-0.15, -0.1) is 5.10 Å². The molecule has 0 saturated carbocycles. The molecule has 0 atom stereocenters. The summed E-state index contributed by atoms with van der Waals surface area (Å²) >= 11 is 0. The smallest absolute Gasteiger partial charge is 0.226 e. The standard InChI is InChI=1S/C16H18FN5O3S/c1-2-3-7-22-15(19-20-21-22)11-26(23,24)10-14-9-25-16(18-14)12-5-4-6-13(17)8-12/h4-6,8-9H,2-3,7,10-11H2,1H3. The van der Waals surface area contributed by atoms with Gasteiger partial charge in [-0.25, -0.2) is 22.5 Å². The Labute approximate surface area is 150 Å². The highest BCUT2D eigenvalue weighted by Crippen LogP contribution is 2.21. The molecule has 10 heteroatoms. The second-order valence-electron chi connectivity index (χ2n) is 5.86. The lowest BCUT2D eigenvalue weighted by Crippen LogP contribution is -2.14. The molecule has 0 bridgehead atoms. The number of unbranched alkanes of at least 4 members (excludes halogenated alkanes) is 1. The van der Waals surface area contributed by atoms with Gasteiger partial charge in [0.15, 0.2) is 15.7 Å². The van der Waals surface area contributed by atoms with Gasteiger partial charge in [0.2, 0.25) is 5.89 Å². The van der Waals surface area contributed by atoms with E-state index in [9.17, 15) is 12.8 Å². The van der Waals surface area contributed by atoms with Crippen molar-refractivity contribution < 1.29 is 17.2 Å². The summed E-state index contributed by atoms with van der Waals surface area (Å²) in [6.45, 7) is 2.60. The van der Waals surface area contributed by atoms with Gasteiger partial charge in [-0.3, -0.25) is 0 Å². The zero-order valence-electron chi connectivity index (χ0n) is 14.2. The first-order valence-electron chi connectivity index (χ1n) is 8.12. The van der Waals surface area contributed by atoms with E-state index in [1.54, 1.807) is 6.07 Å². The summed E-state index contributed by atoms with van der Waals surface area (Å²) in [6.07, 6.45) is 3.07. The summed E-state index contributed by atoms with van der Waals surface area (Å²) in [7, 11) is -3.54. The Balaban J connectivity index is 1.71. The molecular weight excluding hydrogens is 361 g/mol. The van der Waals surface area contributed by atoms with Gasteiger partial charge in [0.1, 0.15) is 17.8 Å². The Kier molecular flexibility index (Phi) is 5.40. The van der Waals surface area contributed by atoms with E-state index in [4.69, 9.17) is 4.42 Å². The van der Waals surface area contributed by atoms with Crippen LogP contribution in [0.2, 0.25) is 0 Å². The van der Waals surface area contributed by atoms with Gasteiger partial charge in [-0.05, 0) is 35.0 Å². The second kappa shape index (κ2) is 7.73. The summed E-state index contributed by atoms with van der Waals surface area (Å²) < 4.78 is 44.9. The SMILES string of the molecule is CCCCn1nnnc1CS(=O)(=O)Cc1coc(-c2cccc(F)c2)n1. The molecule has 0 N–H and O–H groups in total. The summed E-state index contributed by atoms with van der Waals surface area (Å²) in [5, 5.41) is 11.2. The Bertz CT molecular complexity index is 983. The van der Waals surface area contributed by atoms with Gasteiger partial charge < -0.3 is 4.42 Å². The van der Waals surface area contributed by atoms with Crippen molar-refractivity contribution >= 4 is 9.84 Å². The lowest BCUT2D eigenvalue weighted by molar-refractivity contribution is 0.535. The van der Waals surface area contributed by atoms with Crippen molar-refractivity contribution in [2.45, 2.75) is 37.8 Å². The fourth-order valence-electron chi connectivity index (χ4n) is 2.41. The maximum Gasteiger partial charge on any atom is 0.226 e. The molecular formula is C16H18FN5O3S. The monoisotopic (exact) mass is 379 g/mol. The molecule has 0 aliphatic heterocycles. The van der Waals surface area contributed by atoms with Crippen molar-refractivity contribution in [2.75, 3.05) is 0 Å². The molecule has 8 nitrogen and oxygen atoms in total. The maximum atomic E-state index is 13.3. The number of nitrogens with zero attached hydrogens (tertiary/aromatic N) is 5. The Morgan fingerprint density at radius 1 is 1.27 bits per heavy atom. The maximum absolute atomic E-state index is 13.3. The van der Waals surface area contributed by atoms with Crippen LogP contribution in [0.15, 0.2) is 34.9 Å². The lowest BCUT2D eigenvalue weighted by Gasteiger charge is -2.04. The van der Waals surface area contributed by atoms with Crippen LogP contribution in [-0.2, 0) is 27.9 Å².